The lowest BCUT2D eigenvalue weighted by molar-refractivity contribution is -0.123. The Morgan fingerprint density at radius 1 is 0.574 bits per heavy atom. The molecule has 14 nitrogen and oxygen atoms in total. The Bertz CT molecular complexity index is 2280. The van der Waals surface area contributed by atoms with Gasteiger partial charge in [0.15, 0.2) is 0 Å². The molecule has 0 aromatic heterocycles. The first-order valence-corrected chi connectivity index (χ1v) is 23.6. The van der Waals surface area contributed by atoms with Gasteiger partial charge in [0.1, 0.15) is 29.0 Å². The zero-order chi connectivity index (χ0) is 49.2. The molecular weight excluding hydrogens is 881 g/mol. The number of benzene rings is 5. The Hall–Kier alpha value is -6.84. The van der Waals surface area contributed by atoms with Crippen molar-refractivity contribution in [3.63, 3.8) is 0 Å². The highest BCUT2D eigenvalue weighted by atomic mass is 32.2. The van der Waals surface area contributed by atoms with E-state index in [0.29, 0.717) is 23.4 Å². The quantitative estimate of drug-likeness (QED) is 0.0324. The first kappa shape index (κ1) is 52.1. The van der Waals surface area contributed by atoms with Crippen molar-refractivity contribution in [2.75, 3.05) is 24.2 Å². The highest BCUT2D eigenvalue weighted by molar-refractivity contribution is 8.00. The molecule has 0 bridgehead atoms. The van der Waals surface area contributed by atoms with E-state index in [1.165, 1.54) is 0 Å². The second kappa shape index (κ2) is 24.8. The van der Waals surface area contributed by atoms with Crippen molar-refractivity contribution in [1.29, 1.82) is 0 Å². The number of amides is 5. The van der Waals surface area contributed by atoms with E-state index in [0.717, 1.165) is 16.7 Å². The van der Waals surface area contributed by atoms with Gasteiger partial charge in [-0.15, -0.1) is 11.8 Å². The number of thioether (sulfide) groups is 1. The van der Waals surface area contributed by atoms with Gasteiger partial charge in [-0.1, -0.05) is 121 Å². The fraction of sp³-hybridized carbons (Fsp3) is 0.340. The average molecular weight is 945 g/mol. The van der Waals surface area contributed by atoms with E-state index >= 15 is 0 Å². The minimum Gasteiger partial charge on any atom is -0.444 e. The van der Waals surface area contributed by atoms with Crippen molar-refractivity contribution >= 4 is 47.5 Å². The number of nitrogens with one attached hydrogen (secondary N) is 5. The number of carbonyl (C=O) groups is 5. The summed E-state index contributed by atoms with van der Waals surface area (Å²) in [5, 5.41) is 14.0. The highest BCUT2D eigenvalue weighted by Crippen LogP contribution is 2.48. The molecule has 5 aromatic carbocycles. The smallest absolute Gasteiger partial charge is 0.413 e. The number of hydrogen-bond acceptors (Lipinski definition) is 10. The summed E-state index contributed by atoms with van der Waals surface area (Å²) in [7, 11) is 0. The third kappa shape index (κ3) is 16.5. The zero-order valence-electron chi connectivity index (χ0n) is 39.6. The molecule has 0 saturated carbocycles. The molecule has 0 radical (unpaired) electrons. The maximum atomic E-state index is 14.2. The molecule has 5 aromatic rings. The highest BCUT2D eigenvalue weighted by Gasteiger charge is 2.38. The SMILES string of the molecule is CC(C)(C)OC(=O)NCCC[C@H](NC(=O)Oc1ccc(C[C@H](NC(=O)OC(C)(C)C)C(=O)Nc2ccccc2)cc1)C(=O)N[C@H](CN)CSC(c1ccccc1)(c1ccccc1)c1ccccc1. The Labute approximate surface area is 403 Å². The summed E-state index contributed by atoms with van der Waals surface area (Å²) in [5.41, 5.74) is 9.27. The molecular formula is C53H64N6O8S. The lowest BCUT2D eigenvalue weighted by atomic mass is 9.84. The van der Waals surface area contributed by atoms with Crippen molar-refractivity contribution in [3.8, 4) is 5.75 Å². The van der Waals surface area contributed by atoms with E-state index in [2.05, 4.69) is 63.0 Å². The lowest BCUT2D eigenvalue weighted by Gasteiger charge is -2.36. The molecule has 0 heterocycles. The predicted molar refractivity (Wildman–Crippen MR) is 267 cm³/mol. The van der Waals surface area contributed by atoms with Crippen LogP contribution >= 0.6 is 11.8 Å². The van der Waals surface area contributed by atoms with Crippen molar-refractivity contribution in [3.05, 3.63) is 168 Å². The van der Waals surface area contributed by atoms with E-state index in [9.17, 15) is 24.0 Å². The summed E-state index contributed by atoms with van der Waals surface area (Å²) in [5.74, 6) is -0.358. The van der Waals surface area contributed by atoms with Crippen LogP contribution < -0.4 is 37.1 Å². The molecule has 0 spiro atoms. The van der Waals surface area contributed by atoms with Crippen LogP contribution in [0.25, 0.3) is 0 Å². The van der Waals surface area contributed by atoms with Gasteiger partial charge in [0.25, 0.3) is 0 Å². The molecule has 0 aliphatic carbocycles. The van der Waals surface area contributed by atoms with Gasteiger partial charge in [0, 0.05) is 31.0 Å². The topological polar surface area (TPSA) is 199 Å². The third-order valence-corrected chi connectivity index (χ3v) is 12.0. The second-order valence-corrected chi connectivity index (χ2v) is 19.3. The Morgan fingerprint density at radius 2 is 1.06 bits per heavy atom. The normalized spacial score (nSPS) is 12.9. The number of carbonyl (C=O) groups excluding carboxylic acids is 5. The first-order valence-electron chi connectivity index (χ1n) is 22.6. The Morgan fingerprint density at radius 3 is 1.56 bits per heavy atom. The van der Waals surface area contributed by atoms with E-state index in [1.807, 2.05) is 60.7 Å². The van der Waals surface area contributed by atoms with Gasteiger partial charge in [-0.05, 0) is 101 Å². The van der Waals surface area contributed by atoms with Crippen LogP contribution in [0.1, 0.15) is 76.6 Å². The number of anilines is 1. The summed E-state index contributed by atoms with van der Waals surface area (Å²) in [6.07, 6.45) is -1.70. The Kier molecular flexibility index (Phi) is 19.0. The summed E-state index contributed by atoms with van der Waals surface area (Å²) >= 11 is 1.65. The average Bonchev–Trinajstić information content (AvgIpc) is 3.30. The molecule has 0 aliphatic rings. The molecule has 0 saturated heterocycles. The zero-order valence-corrected chi connectivity index (χ0v) is 40.4. The van der Waals surface area contributed by atoms with Gasteiger partial charge >= 0.3 is 18.3 Å². The number of rotatable bonds is 20. The van der Waals surface area contributed by atoms with Crippen LogP contribution in [0.15, 0.2) is 146 Å². The summed E-state index contributed by atoms with van der Waals surface area (Å²) in [6.45, 7) is 10.8. The van der Waals surface area contributed by atoms with Crippen molar-refractivity contribution in [1.82, 2.24) is 21.3 Å². The first-order chi connectivity index (χ1) is 32.4. The molecule has 5 rings (SSSR count). The standard InChI is InChI=1S/C53H64N6O8S/c1-51(2,3)66-48(62)55-33-19-28-44(46(60)57-42(35-54)36-68-53(38-20-11-7-12-21-38,39-22-13-8-14-23-39)40-24-15-9-16-25-40)58-49(63)65-43-31-29-37(30-32-43)34-45(59-50(64)67-52(4,5)6)47(61)56-41-26-17-10-18-27-41/h7-18,20-27,29-32,42,44-45H,19,28,33-36,54H2,1-6H3,(H,55,62)(H,56,61)(H,57,60)(H,58,63)(H,59,64)/t42-,44+,45+/m1/s1. The van der Waals surface area contributed by atoms with Gasteiger partial charge in [-0.3, -0.25) is 9.59 Å². The minimum atomic E-state index is -1.08. The fourth-order valence-electron chi connectivity index (χ4n) is 7.16. The van der Waals surface area contributed by atoms with Crippen molar-refractivity contribution in [2.45, 2.75) is 94.9 Å². The molecule has 3 atom stereocenters. The molecule has 360 valence electrons. The van der Waals surface area contributed by atoms with Crippen molar-refractivity contribution < 1.29 is 38.2 Å². The summed E-state index contributed by atoms with van der Waals surface area (Å²) in [4.78, 5) is 66.3. The van der Waals surface area contributed by atoms with E-state index in [4.69, 9.17) is 19.9 Å². The molecule has 0 aliphatic heterocycles. The fourth-order valence-corrected chi connectivity index (χ4v) is 8.74. The van der Waals surface area contributed by atoms with Gasteiger partial charge < -0.3 is 46.5 Å². The van der Waals surface area contributed by atoms with Crippen LogP contribution in [-0.2, 0) is 30.2 Å². The van der Waals surface area contributed by atoms with E-state index in [1.54, 1.807) is 102 Å². The maximum Gasteiger partial charge on any atom is 0.413 e. The Balaban J connectivity index is 1.30. The molecule has 0 fully saturated rings. The van der Waals surface area contributed by atoms with E-state index < -0.39 is 64.2 Å². The van der Waals surface area contributed by atoms with Crippen LogP contribution in [0, 0.1) is 0 Å². The monoisotopic (exact) mass is 944 g/mol. The number of nitrogens with two attached hydrogens (primary N) is 1. The van der Waals surface area contributed by atoms with Gasteiger partial charge in [-0.25, -0.2) is 14.4 Å². The van der Waals surface area contributed by atoms with Gasteiger partial charge in [-0.2, -0.15) is 0 Å². The maximum absolute atomic E-state index is 14.2. The van der Waals surface area contributed by atoms with Gasteiger partial charge in [0.2, 0.25) is 11.8 Å². The van der Waals surface area contributed by atoms with Crippen LogP contribution in [0.2, 0.25) is 0 Å². The van der Waals surface area contributed by atoms with Crippen LogP contribution in [0.5, 0.6) is 5.75 Å². The molecule has 68 heavy (non-hydrogen) atoms. The molecule has 15 heteroatoms. The van der Waals surface area contributed by atoms with E-state index in [-0.39, 0.29) is 31.7 Å². The largest absolute Gasteiger partial charge is 0.444 e. The number of hydrogen-bond donors (Lipinski definition) is 6. The van der Waals surface area contributed by atoms with Crippen LogP contribution in [0.4, 0.5) is 20.1 Å². The molecule has 7 N–H and O–H groups in total. The molecule has 0 unspecified atom stereocenters. The minimum absolute atomic E-state index is 0.0910. The number of para-hydroxylation sites is 1. The summed E-state index contributed by atoms with van der Waals surface area (Å²) < 4.78 is 15.8. The third-order valence-electron chi connectivity index (χ3n) is 10.2. The van der Waals surface area contributed by atoms with Crippen LogP contribution in [-0.4, -0.2) is 78.3 Å². The number of alkyl carbamates (subject to hydrolysis) is 2. The lowest BCUT2D eigenvalue weighted by Crippen LogP contribution is -2.53. The predicted octanol–water partition coefficient (Wildman–Crippen LogP) is 8.69. The number of ether oxygens (including phenoxy) is 3. The summed E-state index contributed by atoms with van der Waals surface area (Å²) in [6, 6.07) is 43.3. The van der Waals surface area contributed by atoms with Crippen LogP contribution in [0.3, 0.4) is 0 Å². The molecule has 5 amide bonds. The second-order valence-electron chi connectivity index (χ2n) is 18.1. The van der Waals surface area contributed by atoms with Gasteiger partial charge in [0.05, 0.1) is 10.8 Å². The van der Waals surface area contributed by atoms with Crippen molar-refractivity contribution in [2.24, 2.45) is 5.73 Å².